The summed E-state index contributed by atoms with van der Waals surface area (Å²) < 4.78 is 8.25. The molecule has 0 heterocycles. The fourth-order valence-electron chi connectivity index (χ4n) is 2.14. The molecule has 0 spiro atoms. The largest absolute Gasteiger partial charge is 0.457 e. The smallest absolute Gasteiger partial charge is 0.131 e. The Morgan fingerprint density at radius 2 is 1.95 bits per heavy atom. The first-order valence-corrected chi connectivity index (χ1v) is 8.66. The lowest BCUT2D eigenvalue weighted by molar-refractivity contribution is 0.472. The third kappa shape index (κ3) is 4.09. The highest BCUT2D eigenvalue weighted by molar-refractivity contribution is 9.10. The summed E-state index contributed by atoms with van der Waals surface area (Å²) in [7, 11) is 0. The highest BCUT2D eigenvalue weighted by atomic mass is 79.9. The van der Waals surface area contributed by atoms with Gasteiger partial charge < -0.3 is 10.1 Å². The van der Waals surface area contributed by atoms with E-state index in [0.717, 1.165) is 27.0 Å². The molecule has 1 aliphatic carbocycles. The maximum absolute atomic E-state index is 6.07. The molecule has 1 N–H and O–H groups in total. The Morgan fingerprint density at radius 1 is 1.14 bits per heavy atom. The number of aryl methyl sites for hydroxylation is 1. The van der Waals surface area contributed by atoms with Crippen molar-refractivity contribution >= 4 is 31.9 Å². The molecule has 110 valence electrons. The van der Waals surface area contributed by atoms with Crippen molar-refractivity contribution < 1.29 is 4.74 Å². The SMILES string of the molecule is Cc1cc(Oc2ccc(Br)cc2CNC2CC2)ccc1Br. The Hall–Kier alpha value is -0.840. The highest BCUT2D eigenvalue weighted by Gasteiger charge is 2.20. The quantitative estimate of drug-likeness (QED) is 0.696. The Morgan fingerprint density at radius 3 is 2.67 bits per heavy atom. The van der Waals surface area contributed by atoms with E-state index in [1.165, 1.54) is 24.0 Å². The Labute approximate surface area is 142 Å². The van der Waals surface area contributed by atoms with Crippen LogP contribution >= 0.6 is 31.9 Å². The first kappa shape index (κ1) is 15.1. The number of halogens is 2. The number of ether oxygens (including phenoxy) is 1. The van der Waals surface area contributed by atoms with Crippen LogP contribution < -0.4 is 10.1 Å². The molecule has 1 fully saturated rings. The zero-order valence-electron chi connectivity index (χ0n) is 11.8. The minimum Gasteiger partial charge on any atom is -0.457 e. The Bertz CT molecular complexity index is 653. The summed E-state index contributed by atoms with van der Waals surface area (Å²) in [4.78, 5) is 0. The van der Waals surface area contributed by atoms with Gasteiger partial charge in [0, 0.05) is 27.1 Å². The van der Waals surface area contributed by atoms with Crippen LogP contribution in [0.1, 0.15) is 24.0 Å². The molecular formula is C17H17Br2NO. The van der Waals surface area contributed by atoms with E-state index in [1.807, 2.05) is 30.3 Å². The van der Waals surface area contributed by atoms with E-state index in [0.29, 0.717) is 6.04 Å². The summed E-state index contributed by atoms with van der Waals surface area (Å²) in [5.41, 5.74) is 2.35. The topological polar surface area (TPSA) is 21.3 Å². The van der Waals surface area contributed by atoms with Gasteiger partial charge >= 0.3 is 0 Å². The van der Waals surface area contributed by atoms with Gasteiger partial charge in [-0.2, -0.15) is 0 Å². The van der Waals surface area contributed by atoms with E-state index in [4.69, 9.17) is 4.74 Å². The van der Waals surface area contributed by atoms with Crippen LogP contribution in [0.2, 0.25) is 0 Å². The van der Waals surface area contributed by atoms with E-state index < -0.39 is 0 Å². The van der Waals surface area contributed by atoms with Crippen LogP contribution in [0.5, 0.6) is 11.5 Å². The number of hydrogen-bond donors (Lipinski definition) is 1. The summed E-state index contributed by atoms with van der Waals surface area (Å²) >= 11 is 7.05. The maximum atomic E-state index is 6.07. The van der Waals surface area contributed by atoms with Gasteiger partial charge in [-0.1, -0.05) is 31.9 Å². The predicted octanol–water partition coefficient (Wildman–Crippen LogP) is 5.56. The van der Waals surface area contributed by atoms with Gasteiger partial charge in [0.05, 0.1) is 0 Å². The number of rotatable bonds is 5. The second-order valence-corrected chi connectivity index (χ2v) is 7.19. The van der Waals surface area contributed by atoms with E-state index in [2.05, 4.69) is 50.2 Å². The molecule has 0 unspecified atom stereocenters. The molecule has 1 aliphatic rings. The second-order valence-electron chi connectivity index (χ2n) is 5.42. The van der Waals surface area contributed by atoms with Crippen LogP contribution in [-0.4, -0.2) is 6.04 Å². The first-order valence-electron chi connectivity index (χ1n) is 7.07. The Kier molecular flexibility index (Phi) is 4.67. The monoisotopic (exact) mass is 409 g/mol. The van der Waals surface area contributed by atoms with Crippen molar-refractivity contribution in [3.63, 3.8) is 0 Å². The summed E-state index contributed by atoms with van der Waals surface area (Å²) in [6.07, 6.45) is 2.58. The van der Waals surface area contributed by atoms with Crippen molar-refractivity contribution in [2.24, 2.45) is 0 Å². The average Bonchev–Trinajstić information content (AvgIpc) is 3.27. The molecule has 2 aromatic rings. The molecule has 0 bridgehead atoms. The highest BCUT2D eigenvalue weighted by Crippen LogP contribution is 2.31. The van der Waals surface area contributed by atoms with Crippen LogP contribution in [0.3, 0.4) is 0 Å². The van der Waals surface area contributed by atoms with Crippen molar-refractivity contribution in [1.82, 2.24) is 5.32 Å². The van der Waals surface area contributed by atoms with Crippen LogP contribution in [0.25, 0.3) is 0 Å². The summed E-state index contributed by atoms with van der Waals surface area (Å²) in [6, 6.07) is 12.9. The lowest BCUT2D eigenvalue weighted by Gasteiger charge is -2.13. The van der Waals surface area contributed by atoms with Crippen LogP contribution in [0, 0.1) is 6.92 Å². The van der Waals surface area contributed by atoms with Crippen molar-refractivity contribution in [1.29, 1.82) is 0 Å². The molecule has 4 heteroatoms. The lowest BCUT2D eigenvalue weighted by Crippen LogP contribution is -2.15. The molecule has 2 nitrogen and oxygen atoms in total. The molecule has 0 amide bonds. The zero-order valence-corrected chi connectivity index (χ0v) is 15.0. The van der Waals surface area contributed by atoms with Crippen LogP contribution in [0.15, 0.2) is 45.3 Å². The normalized spacial score (nSPS) is 14.2. The maximum Gasteiger partial charge on any atom is 0.131 e. The van der Waals surface area contributed by atoms with Gasteiger partial charge in [0.15, 0.2) is 0 Å². The molecule has 0 saturated heterocycles. The Balaban J connectivity index is 1.80. The molecule has 2 aromatic carbocycles. The van der Waals surface area contributed by atoms with E-state index in [-0.39, 0.29) is 0 Å². The number of nitrogens with one attached hydrogen (secondary N) is 1. The standard InChI is InChI=1S/C17H17Br2NO/c1-11-8-15(5-6-16(11)19)21-17-7-2-13(18)9-12(17)10-20-14-3-4-14/h2,5-9,14,20H,3-4,10H2,1H3. The summed E-state index contributed by atoms with van der Waals surface area (Å²) in [5, 5.41) is 3.54. The predicted molar refractivity (Wildman–Crippen MR) is 93.0 cm³/mol. The van der Waals surface area contributed by atoms with Crippen LogP contribution in [0.4, 0.5) is 0 Å². The minimum absolute atomic E-state index is 0.687. The van der Waals surface area contributed by atoms with Gasteiger partial charge in [0.1, 0.15) is 11.5 Å². The van der Waals surface area contributed by atoms with E-state index >= 15 is 0 Å². The van der Waals surface area contributed by atoms with E-state index in [9.17, 15) is 0 Å². The van der Waals surface area contributed by atoms with Gasteiger partial charge in [0.25, 0.3) is 0 Å². The molecule has 0 aromatic heterocycles. The van der Waals surface area contributed by atoms with Crippen molar-refractivity contribution in [3.8, 4) is 11.5 Å². The average molecular weight is 411 g/mol. The lowest BCUT2D eigenvalue weighted by atomic mass is 10.2. The fraction of sp³-hybridized carbons (Fsp3) is 0.294. The molecule has 0 aliphatic heterocycles. The summed E-state index contributed by atoms with van der Waals surface area (Å²) in [6.45, 7) is 2.91. The van der Waals surface area contributed by atoms with E-state index in [1.54, 1.807) is 0 Å². The molecule has 3 rings (SSSR count). The van der Waals surface area contributed by atoms with Crippen molar-refractivity contribution in [2.45, 2.75) is 32.4 Å². The third-order valence-electron chi connectivity index (χ3n) is 3.54. The van der Waals surface area contributed by atoms with Crippen molar-refractivity contribution in [2.75, 3.05) is 0 Å². The molecule has 1 saturated carbocycles. The molecule has 21 heavy (non-hydrogen) atoms. The minimum atomic E-state index is 0.687. The molecule has 0 radical (unpaired) electrons. The van der Waals surface area contributed by atoms with Crippen molar-refractivity contribution in [3.05, 3.63) is 56.5 Å². The van der Waals surface area contributed by atoms with Gasteiger partial charge in [-0.3, -0.25) is 0 Å². The molecular weight excluding hydrogens is 394 g/mol. The first-order chi connectivity index (χ1) is 10.1. The van der Waals surface area contributed by atoms with Gasteiger partial charge in [-0.15, -0.1) is 0 Å². The number of benzene rings is 2. The molecule has 0 atom stereocenters. The van der Waals surface area contributed by atoms with Gasteiger partial charge in [0.2, 0.25) is 0 Å². The second kappa shape index (κ2) is 6.51. The third-order valence-corrected chi connectivity index (χ3v) is 4.92. The number of hydrogen-bond acceptors (Lipinski definition) is 2. The van der Waals surface area contributed by atoms with Crippen LogP contribution in [-0.2, 0) is 6.54 Å². The van der Waals surface area contributed by atoms with Gasteiger partial charge in [-0.05, 0) is 61.7 Å². The fourth-order valence-corrected chi connectivity index (χ4v) is 2.79. The zero-order chi connectivity index (χ0) is 14.8. The van der Waals surface area contributed by atoms with Gasteiger partial charge in [-0.25, -0.2) is 0 Å². The summed E-state index contributed by atoms with van der Waals surface area (Å²) in [5.74, 6) is 1.78.